The maximum atomic E-state index is 12.1. The van der Waals surface area contributed by atoms with Gasteiger partial charge in [-0.2, -0.15) is 5.26 Å². The first-order chi connectivity index (χ1) is 10.5. The number of phenolic OH excluding ortho intramolecular Hbond substituents is 2. The number of hydrogen-bond acceptors (Lipinski definition) is 4. The largest absolute Gasteiger partial charge is 0.508 e. The molecule has 0 atom stereocenters. The Morgan fingerprint density at radius 3 is 2.59 bits per heavy atom. The molecule has 2 rings (SSSR count). The second kappa shape index (κ2) is 6.46. The highest BCUT2D eigenvalue weighted by Gasteiger charge is 2.12. The fraction of sp³-hybridized carbons (Fsp3) is 0.0588. The molecule has 0 bridgehead atoms. The Kier molecular flexibility index (Phi) is 4.44. The minimum absolute atomic E-state index is 0.0995. The van der Waals surface area contributed by atoms with E-state index in [0.29, 0.717) is 5.69 Å². The Hall–Kier alpha value is -3.26. The Morgan fingerprint density at radius 1 is 1.23 bits per heavy atom. The van der Waals surface area contributed by atoms with Crippen LogP contribution < -0.4 is 5.32 Å². The quantitative estimate of drug-likeness (QED) is 0.599. The maximum absolute atomic E-state index is 12.1. The molecule has 5 nitrogen and oxygen atoms in total. The normalized spacial score (nSPS) is 10.8. The molecule has 0 unspecified atom stereocenters. The third-order valence-electron chi connectivity index (χ3n) is 3.07. The van der Waals surface area contributed by atoms with Crippen LogP contribution in [-0.2, 0) is 4.79 Å². The van der Waals surface area contributed by atoms with Gasteiger partial charge >= 0.3 is 0 Å². The van der Waals surface area contributed by atoms with Gasteiger partial charge < -0.3 is 15.5 Å². The lowest BCUT2D eigenvalue weighted by molar-refractivity contribution is -0.112. The van der Waals surface area contributed by atoms with Crippen LogP contribution in [0.5, 0.6) is 11.5 Å². The van der Waals surface area contributed by atoms with E-state index in [1.165, 1.54) is 18.2 Å². The lowest BCUT2D eigenvalue weighted by atomic mass is 10.1. The number of nitrogens with one attached hydrogen (secondary N) is 1. The number of carbonyl (C=O) groups excluding carboxylic acids is 1. The Morgan fingerprint density at radius 2 is 1.95 bits per heavy atom. The standard InChI is InChI=1S/C17H14N2O3/c1-11-4-2-3-5-15(11)19-17(22)13(10-18)8-12-6-7-14(20)9-16(12)21/h2-9,20-21H,1H3,(H,19,22)/b13-8+. The maximum Gasteiger partial charge on any atom is 0.266 e. The summed E-state index contributed by atoms with van der Waals surface area (Å²) in [5.41, 5.74) is 1.61. The minimum atomic E-state index is -0.565. The van der Waals surface area contributed by atoms with Crippen molar-refractivity contribution < 1.29 is 15.0 Å². The summed E-state index contributed by atoms with van der Waals surface area (Å²) in [5, 5.41) is 30.7. The Labute approximate surface area is 127 Å². The van der Waals surface area contributed by atoms with Gasteiger partial charge in [0, 0.05) is 17.3 Å². The van der Waals surface area contributed by atoms with Crippen LogP contribution in [0.15, 0.2) is 48.0 Å². The molecule has 2 aromatic carbocycles. The van der Waals surface area contributed by atoms with Gasteiger partial charge in [-0.1, -0.05) is 18.2 Å². The lowest BCUT2D eigenvalue weighted by Crippen LogP contribution is -2.14. The highest BCUT2D eigenvalue weighted by atomic mass is 16.3. The molecule has 0 fully saturated rings. The van der Waals surface area contributed by atoms with Crippen molar-refractivity contribution in [2.45, 2.75) is 6.92 Å². The predicted octanol–water partition coefficient (Wildman–Crippen LogP) is 2.95. The number of aryl methyl sites for hydroxylation is 1. The van der Waals surface area contributed by atoms with Gasteiger partial charge in [-0.15, -0.1) is 0 Å². The average Bonchev–Trinajstić information content (AvgIpc) is 2.49. The van der Waals surface area contributed by atoms with Crippen LogP contribution in [0.2, 0.25) is 0 Å². The number of anilines is 1. The van der Waals surface area contributed by atoms with Crippen molar-refractivity contribution in [1.29, 1.82) is 5.26 Å². The molecule has 0 spiro atoms. The van der Waals surface area contributed by atoms with Crippen molar-refractivity contribution in [3.8, 4) is 17.6 Å². The zero-order valence-corrected chi connectivity index (χ0v) is 11.9. The molecule has 110 valence electrons. The molecule has 22 heavy (non-hydrogen) atoms. The molecule has 2 aromatic rings. The molecule has 0 heterocycles. The van der Waals surface area contributed by atoms with Crippen molar-refractivity contribution >= 4 is 17.7 Å². The molecule has 1 amide bonds. The van der Waals surface area contributed by atoms with Crippen LogP contribution in [-0.4, -0.2) is 16.1 Å². The summed E-state index contributed by atoms with van der Waals surface area (Å²) < 4.78 is 0. The van der Waals surface area contributed by atoms with Crippen molar-refractivity contribution in [2.75, 3.05) is 5.32 Å². The smallest absolute Gasteiger partial charge is 0.266 e. The highest BCUT2D eigenvalue weighted by molar-refractivity contribution is 6.10. The summed E-state index contributed by atoms with van der Waals surface area (Å²) in [6, 6.07) is 12.9. The molecule has 0 aliphatic rings. The fourth-order valence-electron chi connectivity index (χ4n) is 1.86. The molecular weight excluding hydrogens is 280 g/mol. The van der Waals surface area contributed by atoms with Gasteiger partial charge in [-0.3, -0.25) is 4.79 Å². The number of nitrogens with zero attached hydrogens (tertiary/aromatic N) is 1. The van der Waals surface area contributed by atoms with E-state index in [1.807, 2.05) is 25.1 Å². The van der Waals surface area contributed by atoms with Gasteiger partial charge in [0.1, 0.15) is 23.1 Å². The van der Waals surface area contributed by atoms with Crippen LogP contribution in [0.4, 0.5) is 5.69 Å². The fourth-order valence-corrected chi connectivity index (χ4v) is 1.86. The second-order valence-electron chi connectivity index (χ2n) is 4.68. The van der Waals surface area contributed by atoms with Gasteiger partial charge in [-0.25, -0.2) is 0 Å². The van der Waals surface area contributed by atoms with Crippen molar-refractivity contribution in [3.05, 3.63) is 59.2 Å². The topological polar surface area (TPSA) is 93.4 Å². The number of hydrogen-bond donors (Lipinski definition) is 3. The molecule has 0 radical (unpaired) electrons. The van der Waals surface area contributed by atoms with Crippen LogP contribution in [0.25, 0.3) is 6.08 Å². The van der Waals surface area contributed by atoms with E-state index in [1.54, 1.807) is 12.1 Å². The third kappa shape index (κ3) is 3.44. The summed E-state index contributed by atoms with van der Waals surface area (Å²) in [4.78, 5) is 12.1. The van der Waals surface area contributed by atoms with E-state index in [0.717, 1.165) is 11.6 Å². The molecular formula is C17H14N2O3. The van der Waals surface area contributed by atoms with E-state index in [4.69, 9.17) is 5.26 Å². The van der Waals surface area contributed by atoms with Gasteiger partial charge in [0.25, 0.3) is 5.91 Å². The second-order valence-corrected chi connectivity index (χ2v) is 4.68. The highest BCUT2D eigenvalue weighted by Crippen LogP contribution is 2.25. The van der Waals surface area contributed by atoms with E-state index >= 15 is 0 Å². The number of para-hydroxylation sites is 1. The lowest BCUT2D eigenvalue weighted by Gasteiger charge is -2.07. The monoisotopic (exact) mass is 294 g/mol. The Bertz CT molecular complexity index is 789. The summed E-state index contributed by atoms with van der Waals surface area (Å²) in [5.74, 6) is -0.877. The molecule has 0 aliphatic carbocycles. The van der Waals surface area contributed by atoms with E-state index < -0.39 is 5.91 Å². The zero-order chi connectivity index (χ0) is 16.1. The van der Waals surface area contributed by atoms with Crippen LogP contribution in [0.3, 0.4) is 0 Å². The molecule has 0 saturated heterocycles. The number of aromatic hydroxyl groups is 2. The first-order valence-corrected chi connectivity index (χ1v) is 6.52. The molecule has 5 heteroatoms. The number of phenols is 2. The van der Waals surface area contributed by atoms with E-state index in [-0.39, 0.29) is 22.6 Å². The van der Waals surface area contributed by atoms with Crippen molar-refractivity contribution in [2.24, 2.45) is 0 Å². The van der Waals surface area contributed by atoms with Crippen molar-refractivity contribution in [3.63, 3.8) is 0 Å². The third-order valence-corrected chi connectivity index (χ3v) is 3.07. The number of rotatable bonds is 3. The molecule has 3 N–H and O–H groups in total. The average molecular weight is 294 g/mol. The van der Waals surface area contributed by atoms with E-state index in [9.17, 15) is 15.0 Å². The van der Waals surface area contributed by atoms with Gasteiger partial charge in [0.15, 0.2) is 0 Å². The molecule has 0 aromatic heterocycles. The number of nitriles is 1. The number of amides is 1. The van der Waals surface area contributed by atoms with Gasteiger partial charge in [0.05, 0.1) is 0 Å². The van der Waals surface area contributed by atoms with Gasteiger partial charge in [-0.05, 0) is 36.8 Å². The first kappa shape index (κ1) is 15.1. The number of benzene rings is 2. The SMILES string of the molecule is Cc1ccccc1NC(=O)/C(C#N)=C/c1ccc(O)cc1O. The van der Waals surface area contributed by atoms with Crippen LogP contribution in [0, 0.1) is 18.3 Å². The summed E-state index contributed by atoms with van der Waals surface area (Å²) >= 11 is 0. The predicted molar refractivity (Wildman–Crippen MR) is 83.2 cm³/mol. The summed E-state index contributed by atoms with van der Waals surface area (Å²) in [7, 11) is 0. The van der Waals surface area contributed by atoms with Crippen molar-refractivity contribution in [1.82, 2.24) is 0 Å². The van der Waals surface area contributed by atoms with E-state index in [2.05, 4.69) is 5.32 Å². The minimum Gasteiger partial charge on any atom is -0.508 e. The summed E-state index contributed by atoms with van der Waals surface area (Å²) in [6.07, 6.45) is 1.27. The number of carbonyl (C=O) groups is 1. The van der Waals surface area contributed by atoms with Gasteiger partial charge in [0.2, 0.25) is 0 Å². The molecule has 0 aliphatic heterocycles. The van der Waals surface area contributed by atoms with Crippen LogP contribution in [0.1, 0.15) is 11.1 Å². The first-order valence-electron chi connectivity index (χ1n) is 6.52. The van der Waals surface area contributed by atoms with Crippen LogP contribution >= 0.6 is 0 Å². The summed E-state index contributed by atoms with van der Waals surface area (Å²) in [6.45, 7) is 1.84. The molecule has 0 saturated carbocycles. The zero-order valence-electron chi connectivity index (χ0n) is 11.9. The Balaban J connectivity index is 2.28.